The van der Waals surface area contributed by atoms with Gasteiger partial charge in [-0.2, -0.15) is 0 Å². The maximum Gasteiger partial charge on any atom is 0.336 e. The van der Waals surface area contributed by atoms with E-state index in [1.807, 2.05) is 6.92 Å². The van der Waals surface area contributed by atoms with Gasteiger partial charge in [-0.3, -0.25) is 9.36 Å². The van der Waals surface area contributed by atoms with Crippen molar-refractivity contribution in [3.8, 4) is 5.69 Å². The first-order valence-corrected chi connectivity index (χ1v) is 7.69. The van der Waals surface area contributed by atoms with Crippen LogP contribution in [0.4, 0.5) is 4.39 Å². The molecule has 0 aliphatic heterocycles. The number of fused-ring (bicyclic) bond motifs is 1. The first-order chi connectivity index (χ1) is 9.91. The van der Waals surface area contributed by atoms with Gasteiger partial charge in [0.05, 0.1) is 14.9 Å². The Labute approximate surface area is 131 Å². The quantitative estimate of drug-likeness (QED) is 0.662. The Hall–Kier alpha value is -1.73. The van der Waals surface area contributed by atoms with Crippen LogP contribution in [0.1, 0.15) is 5.56 Å². The molecule has 0 saturated heterocycles. The molecule has 3 rings (SSSR count). The van der Waals surface area contributed by atoms with Gasteiger partial charge >= 0.3 is 5.69 Å². The predicted molar refractivity (Wildman–Crippen MR) is 85.1 cm³/mol. The summed E-state index contributed by atoms with van der Waals surface area (Å²) in [5.74, 6) is -0.417. The van der Waals surface area contributed by atoms with E-state index < -0.39 is 11.5 Å². The third-order valence-electron chi connectivity index (χ3n) is 3.35. The molecule has 1 aromatic carbocycles. The van der Waals surface area contributed by atoms with Gasteiger partial charge in [0.2, 0.25) is 0 Å². The molecule has 7 heteroatoms. The van der Waals surface area contributed by atoms with Crippen molar-refractivity contribution >= 4 is 37.5 Å². The first kappa shape index (κ1) is 14.2. The maximum atomic E-state index is 13.0. The average molecular weight is 369 g/mol. The fourth-order valence-corrected chi connectivity index (χ4v) is 3.85. The van der Waals surface area contributed by atoms with Crippen molar-refractivity contribution in [2.24, 2.45) is 7.05 Å². The van der Waals surface area contributed by atoms with Gasteiger partial charge in [0.25, 0.3) is 5.56 Å². The maximum absolute atomic E-state index is 13.0. The Balaban J connectivity index is 2.49. The predicted octanol–water partition coefficient (Wildman–Crippen LogP) is 2.96. The van der Waals surface area contributed by atoms with Gasteiger partial charge in [-0.25, -0.2) is 13.8 Å². The first-order valence-electron chi connectivity index (χ1n) is 6.08. The van der Waals surface area contributed by atoms with Crippen LogP contribution in [0, 0.1) is 12.7 Å². The van der Waals surface area contributed by atoms with E-state index in [0.717, 1.165) is 13.9 Å². The van der Waals surface area contributed by atoms with Gasteiger partial charge in [-0.05, 0) is 52.7 Å². The highest BCUT2D eigenvalue weighted by atomic mass is 79.9. The number of nitrogens with zero attached hydrogens (tertiary/aromatic N) is 2. The van der Waals surface area contributed by atoms with E-state index in [0.29, 0.717) is 15.9 Å². The number of thiophene rings is 1. The molecule has 0 saturated carbocycles. The van der Waals surface area contributed by atoms with Crippen molar-refractivity contribution in [3.05, 3.63) is 60.3 Å². The second kappa shape index (κ2) is 4.92. The Kier molecular flexibility index (Phi) is 3.33. The fraction of sp³-hybridized carbons (Fsp3) is 0.143. The number of hydrogen-bond acceptors (Lipinski definition) is 3. The van der Waals surface area contributed by atoms with Crippen molar-refractivity contribution in [1.29, 1.82) is 0 Å². The van der Waals surface area contributed by atoms with Crippen LogP contribution in [0.3, 0.4) is 0 Å². The molecule has 0 spiro atoms. The monoisotopic (exact) mass is 368 g/mol. The van der Waals surface area contributed by atoms with Crippen molar-refractivity contribution < 1.29 is 4.39 Å². The summed E-state index contributed by atoms with van der Waals surface area (Å²) in [6.45, 7) is 1.82. The summed E-state index contributed by atoms with van der Waals surface area (Å²) in [6, 6.07) is 5.28. The van der Waals surface area contributed by atoms with E-state index in [1.54, 1.807) is 7.05 Å². The van der Waals surface area contributed by atoms with Gasteiger partial charge in [0, 0.05) is 7.05 Å². The van der Waals surface area contributed by atoms with Crippen LogP contribution in [0.5, 0.6) is 0 Å². The van der Waals surface area contributed by atoms with Crippen LogP contribution in [0.15, 0.2) is 37.6 Å². The lowest BCUT2D eigenvalue weighted by Crippen LogP contribution is -2.37. The Morgan fingerprint density at radius 1 is 1.19 bits per heavy atom. The number of hydrogen-bond donors (Lipinski definition) is 0. The zero-order valence-electron chi connectivity index (χ0n) is 11.2. The molecule has 0 radical (unpaired) electrons. The second-order valence-electron chi connectivity index (χ2n) is 4.64. The molecule has 3 aromatic rings. The van der Waals surface area contributed by atoms with Crippen LogP contribution < -0.4 is 11.2 Å². The number of aryl methyl sites for hydroxylation is 2. The van der Waals surface area contributed by atoms with E-state index in [-0.39, 0.29) is 5.56 Å². The van der Waals surface area contributed by atoms with Crippen molar-refractivity contribution in [2.75, 3.05) is 0 Å². The highest BCUT2D eigenvalue weighted by Gasteiger charge is 2.18. The number of rotatable bonds is 1. The summed E-state index contributed by atoms with van der Waals surface area (Å²) < 4.78 is 16.3. The van der Waals surface area contributed by atoms with E-state index >= 15 is 0 Å². The summed E-state index contributed by atoms with van der Waals surface area (Å²) in [5.41, 5.74) is 0.309. The van der Waals surface area contributed by atoms with E-state index in [1.165, 1.54) is 40.2 Å². The van der Waals surface area contributed by atoms with Gasteiger partial charge in [-0.1, -0.05) is 0 Å². The van der Waals surface area contributed by atoms with Crippen LogP contribution in [0.2, 0.25) is 0 Å². The third-order valence-corrected chi connectivity index (χ3v) is 5.59. The summed E-state index contributed by atoms with van der Waals surface area (Å²) >= 11 is 4.74. The average Bonchev–Trinajstić information content (AvgIpc) is 2.75. The molecule has 0 N–H and O–H groups in total. The molecule has 0 bridgehead atoms. The second-order valence-corrected chi connectivity index (χ2v) is 6.96. The molecule has 0 fully saturated rings. The third kappa shape index (κ3) is 2.08. The van der Waals surface area contributed by atoms with Crippen molar-refractivity contribution in [2.45, 2.75) is 6.92 Å². The molecular weight excluding hydrogens is 359 g/mol. The van der Waals surface area contributed by atoms with Crippen molar-refractivity contribution in [3.63, 3.8) is 0 Å². The van der Waals surface area contributed by atoms with Gasteiger partial charge in [0.15, 0.2) is 0 Å². The van der Waals surface area contributed by atoms with Crippen molar-refractivity contribution in [1.82, 2.24) is 9.13 Å². The summed E-state index contributed by atoms with van der Waals surface area (Å²) in [4.78, 5) is 25.7. The van der Waals surface area contributed by atoms with Crippen LogP contribution >= 0.6 is 27.3 Å². The zero-order valence-corrected chi connectivity index (χ0v) is 13.6. The minimum atomic E-state index is -0.451. The lowest BCUT2D eigenvalue weighted by Gasteiger charge is -2.08. The highest BCUT2D eigenvalue weighted by Crippen LogP contribution is 2.31. The van der Waals surface area contributed by atoms with E-state index in [9.17, 15) is 14.0 Å². The van der Waals surface area contributed by atoms with Crippen LogP contribution in [-0.4, -0.2) is 9.13 Å². The standard InChI is InChI=1S/C14H10BrFN2O2S/c1-7-10-12(19)18(9-5-3-8(16)4-6-9)14(20)17(2)13(10)21-11(7)15/h3-6H,1-2H3. The number of halogens is 2. The Morgan fingerprint density at radius 2 is 1.81 bits per heavy atom. The molecule has 0 aliphatic carbocycles. The van der Waals surface area contributed by atoms with E-state index in [4.69, 9.17) is 0 Å². The SMILES string of the molecule is Cc1c(Br)sc2c1c(=O)n(-c1ccc(F)cc1)c(=O)n2C. The lowest BCUT2D eigenvalue weighted by atomic mass is 10.2. The molecule has 0 atom stereocenters. The van der Waals surface area contributed by atoms with Crippen LogP contribution in [0.25, 0.3) is 15.9 Å². The molecule has 0 unspecified atom stereocenters. The summed E-state index contributed by atoms with van der Waals surface area (Å²) in [7, 11) is 1.62. The molecule has 0 aliphatic rings. The van der Waals surface area contributed by atoms with Crippen LogP contribution in [-0.2, 0) is 7.05 Å². The normalized spacial score (nSPS) is 11.2. The molecular formula is C14H10BrFN2O2S. The lowest BCUT2D eigenvalue weighted by molar-refractivity contribution is 0.627. The molecule has 0 amide bonds. The summed E-state index contributed by atoms with van der Waals surface area (Å²) in [5, 5.41) is 0.498. The molecule has 2 heterocycles. The highest BCUT2D eigenvalue weighted by molar-refractivity contribution is 9.11. The Bertz CT molecular complexity index is 970. The fourth-order valence-electron chi connectivity index (χ4n) is 2.21. The van der Waals surface area contributed by atoms with Gasteiger partial charge in [0.1, 0.15) is 10.6 Å². The largest absolute Gasteiger partial charge is 0.336 e. The summed E-state index contributed by atoms with van der Waals surface area (Å²) in [6.07, 6.45) is 0. The minimum Gasteiger partial charge on any atom is -0.287 e. The zero-order chi connectivity index (χ0) is 15.3. The number of aromatic nitrogens is 2. The minimum absolute atomic E-state index is 0.352. The van der Waals surface area contributed by atoms with E-state index in [2.05, 4.69) is 15.9 Å². The van der Waals surface area contributed by atoms with Gasteiger partial charge < -0.3 is 0 Å². The molecule has 21 heavy (non-hydrogen) atoms. The topological polar surface area (TPSA) is 44.0 Å². The molecule has 2 aromatic heterocycles. The molecule has 108 valence electrons. The number of benzene rings is 1. The molecule has 4 nitrogen and oxygen atoms in total. The smallest absolute Gasteiger partial charge is 0.287 e. The van der Waals surface area contributed by atoms with Gasteiger partial charge in [-0.15, -0.1) is 11.3 Å². The Morgan fingerprint density at radius 3 is 2.43 bits per heavy atom.